The van der Waals surface area contributed by atoms with E-state index in [-0.39, 0.29) is 12.2 Å². The predicted molar refractivity (Wildman–Crippen MR) is 163 cm³/mol. The van der Waals surface area contributed by atoms with E-state index in [4.69, 9.17) is 4.42 Å². The summed E-state index contributed by atoms with van der Waals surface area (Å²) in [5.41, 5.74) is 1.84. The highest BCUT2D eigenvalue weighted by molar-refractivity contribution is 5.97. The van der Waals surface area contributed by atoms with Crippen molar-refractivity contribution in [3.8, 4) is 11.4 Å². The van der Waals surface area contributed by atoms with E-state index >= 15 is 0 Å². The molecule has 5 rings (SSSR count). The first kappa shape index (κ1) is 30.5. The molecule has 0 aliphatic carbocycles. The molecule has 0 bridgehead atoms. The lowest BCUT2D eigenvalue weighted by atomic mass is 10.00. The van der Waals surface area contributed by atoms with Gasteiger partial charge in [0.15, 0.2) is 23.1 Å². The van der Waals surface area contributed by atoms with Crippen molar-refractivity contribution in [2.75, 3.05) is 5.32 Å². The van der Waals surface area contributed by atoms with Crippen LogP contribution in [0.3, 0.4) is 0 Å². The molecule has 3 aromatic carbocycles. The van der Waals surface area contributed by atoms with Gasteiger partial charge in [-0.15, -0.1) is 10.2 Å². The van der Waals surface area contributed by atoms with Gasteiger partial charge in [0.1, 0.15) is 0 Å². The summed E-state index contributed by atoms with van der Waals surface area (Å²) >= 11 is 0. The lowest BCUT2D eigenvalue weighted by Crippen LogP contribution is -2.50. The zero-order valence-corrected chi connectivity index (χ0v) is 24.0. The normalized spacial score (nSPS) is 12.8. The van der Waals surface area contributed by atoms with Crippen molar-refractivity contribution < 1.29 is 23.9 Å². The first-order valence-corrected chi connectivity index (χ1v) is 14.0. The Morgan fingerprint density at radius 3 is 2.20 bits per heavy atom. The van der Waals surface area contributed by atoms with E-state index in [9.17, 15) is 24.3 Å². The van der Waals surface area contributed by atoms with E-state index in [2.05, 4.69) is 36.6 Å². The number of nitrogens with zero attached hydrogens (tertiary/aromatic N) is 3. The van der Waals surface area contributed by atoms with Crippen molar-refractivity contribution >= 4 is 23.4 Å². The number of amides is 3. The van der Waals surface area contributed by atoms with Gasteiger partial charge >= 0.3 is 0 Å². The van der Waals surface area contributed by atoms with Crippen LogP contribution in [0.2, 0.25) is 0 Å². The van der Waals surface area contributed by atoms with Crippen LogP contribution in [0, 0.1) is 0 Å². The molecule has 13 nitrogen and oxygen atoms in total. The Balaban J connectivity index is 1.33. The van der Waals surface area contributed by atoms with Gasteiger partial charge in [0.2, 0.25) is 5.82 Å². The van der Waals surface area contributed by atoms with E-state index in [1.807, 2.05) is 30.3 Å². The van der Waals surface area contributed by atoms with Crippen LogP contribution in [0.5, 0.6) is 0 Å². The lowest BCUT2D eigenvalue weighted by molar-refractivity contribution is -0.125. The standard InChI is InChI=1S/C32H29N7O6/c1-19(21-11-6-3-7-12-21)33-30(42)26-17-24(40)18-27(45-26)31(43)35-25(15-20-9-4-2-5-10-20)28(41)32(44)34-23-14-8-13-22(16-23)29-36-38-39-37-29/h2-14,16-19,25,28,41H,15H2,1H3,(H,33,42)(H,34,44)(H,35,43)(H,36,37,38,39)/t19-,25-,28-/m0/s1. The second kappa shape index (κ2) is 14.0. The number of rotatable bonds is 11. The highest BCUT2D eigenvalue weighted by Gasteiger charge is 2.30. The Kier molecular flexibility index (Phi) is 9.50. The molecule has 2 aromatic heterocycles. The van der Waals surface area contributed by atoms with Gasteiger partial charge in [0, 0.05) is 23.4 Å². The van der Waals surface area contributed by atoms with Gasteiger partial charge in [-0.25, -0.2) is 0 Å². The van der Waals surface area contributed by atoms with Crippen molar-refractivity contribution in [1.29, 1.82) is 0 Å². The van der Waals surface area contributed by atoms with Gasteiger partial charge in [0.25, 0.3) is 17.7 Å². The Labute approximate surface area is 256 Å². The van der Waals surface area contributed by atoms with E-state index in [1.54, 1.807) is 61.5 Å². The topological polar surface area (TPSA) is 192 Å². The van der Waals surface area contributed by atoms with E-state index in [0.29, 0.717) is 17.1 Å². The van der Waals surface area contributed by atoms with Crippen LogP contribution >= 0.6 is 0 Å². The number of aromatic amines is 1. The average molecular weight is 608 g/mol. The van der Waals surface area contributed by atoms with Crippen LogP contribution in [0.4, 0.5) is 5.69 Å². The summed E-state index contributed by atoms with van der Waals surface area (Å²) in [6, 6.07) is 25.1. The molecule has 0 saturated heterocycles. The minimum absolute atomic E-state index is 0.0586. The Morgan fingerprint density at radius 2 is 1.53 bits per heavy atom. The highest BCUT2D eigenvalue weighted by atomic mass is 16.4. The summed E-state index contributed by atoms with van der Waals surface area (Å²) in [4.78, 5) is 51.9. The van der Waals surface area contributed by atoms with Gasteiger partial charge in [0.05, 0.1) is 12.1 Å². The first-order chi connectivity index (χ1) is 21.8. The van der Waals surface area contributed by atoms with Gasteiger partial charge in [-0.3, -0.25) is 19.2 Å². The number of H-pyrrole nitrogens is 1. The van der Waals surface area contributed by atoms with Gasteiger partial charge in [-0.2, -0.15) is 5.21 Å². The third-order valence-electron chi connectivity index (χ3n) is 6.86. The molecule has 45 heavy (non-hydrogen) atoms. The van der Waals surface area contributed by atoms with Crippen molar-refractivity contribution in [3.05, 3.63) is 130 Å². The van der Waals surface area contributed by atoms with E-state index in [1.165, 1.54) is 0 Å². The number of hydrogen-bond donors (Lipinski definition) is 5. The maximum absolute atomic E-state index is 13.3. The number of tetrazole rings is 1. The molecule has 0 aliphatic rings. The summed E-state index contributed by atoms with van der Waals surface area (Å²) in [6.45, 7) is 1.77. The van der Waals surface area contributed by atoms with Crippen LogP contribution in [0.25, 0.3) is 11.4 Å². The van der Waals surface area contributed by atoms with Crippen molar-refractivity contribution in [2.24, 2.45) is 0 Å². The second-order valence-electron chi connectivity index (χ2n) is 10.1. The molecular formula is C32H29N7O6. The Hall–Kier alpha value is -5.95. The average Bonchev–Trinajstić information content (AvgIpc) is 3.60. The molecule has 0 fully saturated rings. The summed E-state index contributed by atoms with van der Waals surface area (Å²) in [7, 11) is 0. The summed E-state index contributed by atoms with van der Waals surface area (Å²) < 4.78 is 5.53. The Bertz CT molecular complexity index is 1830. The van der Waals surface area contributed by atoms with E-state index < -0.39 is 47.1 Å². The smallest absolute Gasteiger partial charge is 0.287 e. The number of anilines is 1. The molecule has 5 aromatic rings. The molecule has 13 heteroatoms. The van der Waals surface area contributed by atoms with Gasteiger partial charge < -0.3 is 25.5 Å². The first-order valence-electron chi connectivity index (χ1n) is 14.0. The summed E-state index contributed by atoms with van der Waals surface area (Å²) in [6.07, 6.45) is -1.67. The van der Waals surface area contributed by atoms with Crippen molar-refractivity contribution in [1.82, 2.24) is 31.3 Å². The second-order valence-corrected chi connectivity index (χ2v) is 10.1. The van der Waals surface area contributed by atoms with Crippen molar-refractivity contribution in [2.45, 2.75) is 31.5 Å². The van der Waals surface area contributed by atoms with Crippen molar-refractivity contribution in [3.63, 3.8) is 0 Å². The summed E-state index contributed by atoms with van der Waals surface area (Å²) in [5.74, 6) is -2.90. The number of aromatic nitrogens is 4. The summed E-state index contributed by atoms with van der Waals surface area (Å²) in [5, 5.41) is 32.8. The number of nitrogens with one attached hydrogen (secondary N) is 4. The molecule has 0 unspecified atom stereocenters. The van der Waals surface area contributed by atoms with Crippen LogP contribution < -0.4 is 21.4 Å². The molecule has 2 heterocycles. The molecule has 0 aliphatic heterocycles. The van der Waals surface area contributed by atoms with Crippen LogP contribution in [-0.4, -0.2) is 55.6 Å². The third-order valence-corrected chi connectivity index (χ3v) is 6.86. The molecule has 228 valence electrons. The van der Waals surface area contributed by atoms with Crippen LogP contribution in [0.1, 0.15) is 45.2 Å². The molecule has 3 atom stereocenters. The largest absolute Gasteiger partial charge is 0.445 e. The SMILES string of the molecule is C[C@H](NC(=O)c1cc(=O)cc(C(=O)N[C@@H](Cc2ccccc2)[C@H](O)C(=O)Nc2cccc(-c3nn[nH]n3)c2)o1)c1ccccc1. The highest BCUT2D eigenvalue weighted by Crippen LogP contribution is 2.19. The fourth-order valence-electron chi connectivity index (χ4n) is 4.56. The predicted octanol–water partition coefficient (Wildman–Crippen LogP) is 2.65. The van der Waals surface area contributed by atoms with Crippen LogP contribution in [-0.2, 0) is 11.2 Å². The minimum atomic E-state index is -1.73. The number of carbonyl (C=O) groups is 3. The molecular weight excluding hydrogens is 578 g/mol. The van der Waals surface area contributed by atoms with Gasteiger partial charge in [-0.05, 0) is 41.8 Å². The zero-order valence-electron chi connectivity index (χ0n) is 24.0. The fourth-order valence-corrected chi connectivity index (χ4v) is 4.56. The molecule has 0 radical (unpaired) electrons. The number of aliphatic hydroxyl groups is 1. The number of hydrogen-bond acceptors (Lipinski definition) is 9. The number of aliphatic hydroxyl groups excluding tert-OH is 1. The minimum Gasteiger partial charge on any atom is -0.445 e. The lowest BCUT2D eigenvalue weighted by Gasteiger charge is -2.24. The molecule has 0 saturated carbocycles. The Morgan fingerprint density at radius 1 is 0.867 bits per heavy atom. The fraction of sp³-hybridized carbons (Fsp3) is 0.156. The van der Waals surface area contributed by atoms with Crippen LogP contribution in [0.15, 0.2) is 106 Å². The van der Waals surface area contributed by atoms with E-state index in [0.717, 1.165) is 23.3 Å². The number of benzene rings is 3. The zero-order chi connectivity index (χ0) is 31.8. The molecule has 3 amide bonds. The monoisotopic (exact) mass is 607 g/mol. The third kappa shape index (κ3) is 7.91. The maximum Gasteiger partial charge on any atom is 0.287 e. The maximum atomic E-state index is 13.3. The quantitative estimate of drug-likeness (QED) is 0.150. The number of carbonyl (C=O) groups excluding carboxylic acids is 3. The molecule has 0 spiro atoms. The van der Waals surface area contributed by atoms with Gasteiger partial charge in [-0.1, -0.05) is 72.8 Å². The molecule has 5 N–H and O–H groups in total.